The van der Waals surface area contributed by atoms with Crippen LogP contribution in [0.1, 0.15) is 30.1 Å². The summed E-state index contributed by atoms with van der Waals surface area (Å²) < 4.78 is 4.94. The number of hydrogen-bond donors (Lipinski definition) is 0. The van der Waals surface area contributed by atoms with Crippen molar-refractivity contribution in [1.29, 1.82) is 0 Å². The van der Waals surface area contributed by atoms with Crippen molar-refractivity contribution in [3.05, 3.63) is 33.9 Å². The van der Waals surface area contributed by atoms with Gasteiger partial charge in [0.25, 0.3) is 5.91 Å². The molecule has 6 heteroatoms. The van der Waals surface area contributed by atoms with E-state index >= 15 is 0 Å². The van der Waals surface area contributed by atoms with E-state index in [1.165, 1.54) is 19.2 Å². The number of carbonyl (C=O) groups is 1. The van der Waals surface area contributed by atoms with Crippen molar-refractivity contribution < 1.29 is 14.5 Å². The average molecular weight is 278 g/mol. The molecule has 0 radical (unpaired) electrons. The highest BCUT2D eigenvalue weighted by Crippen LogP contribution is 2.28. The summed E-state index contributed by atoms with van der Waals surface area (Å²) >= 11 is 0. The second-order valence-electron chi connectivity index (χ2n) is 5.14. The second-order valence-corrected chi connectivity index (χ2v) is 5.14. The van der Waals surface area contributed by atoms with Crippen molar-refractivity contribution in [3.8, 4) is 5.75 Å². The summed E-state index contributed by atoms with van der Waals surface area (Å²) in [5.74, 6) is 0.488. The van der Waals surface area contributed by atoms with Gasteiger partial charge in [0.15, 0.2) is 5.75 Å². The van der Waals surface area contributed by atoms with Gasteiger partial charge in [-0.2, -0.15) is 0 Å². The Hall–Kier alpha value is -2.11. The number of ether oxygens (including phenoxy) is 1. The summed E-state index contributed by atoms with van der Waals surface area (Å²) in [4.78, 5) is 24.6. The lowest BCUT2D eigenvalue weighted by molar-refractivity contribution is -0.385. The molecule has 20 heavy (non-hydrogen) atoms. The third-order valence-corrected chi connectivity index (χ3v) is 3.57. The van der Waals surface area contributed by atoms with Crippen molar-refractivity contribution in [3.63, 3.8) is 0 Å². The fourth-order valence-electron chi connectivity index (χ4n) is 2.52. The van der Waals surface area contributed by atoms with Crippen LogP contribution in [0.5, 0.6) is 5.75 Å². The SMILES string of the molecule is COc1ccc(C(=O)N2CCC[C@H](C)C2)cc1[N+](=O)[O-]. The molecule has 1 aromatic rings. The molecule has 1 fully saturated rings. The third-order valence-electron chi connectivity index (χ3n) is 3.57. The number of nitro benzene ring substituents is 1. The first kappa shape index (κ1) is 14.3. The van der Waals surface area contributed by atoms with Gasteiger partial charge < -0.3 is 9.64 Å². The van der Waals surface area contributed by atoms with E-state index < -0.39 is 4.92 Å². The molecule has 6 nitrogen and oxygen atoms in total. The predicted octanol–water partition coefficient (Wildman–Crippen LogP) is 2.48. The van der Waals surface area contributed by atoms with E-state index in [-0.39, 0.29) is 17.3 Å². The van der Waals surface area contributed by atoms with Crippen LogP contribution in [0, 0.1) is 16.0 Å². The van der Waals surface area contributed by atoms with Crippen molar-refractivity contribution in [2.24, 2.45) is 5.92 Å². The van der Waals surface area contributed by atoms with Crippen LogP contribution in [0.2, 0.25) is 0 Å². The highest BCUT2D eigenvalue weighted by molar-refractivity contribution is 5.95. The average Bonchev–Trinajstić information content (AvgIpc) is 2.45. The second kappa shape index (κ2) is 5.90. The van der Waals surface area contributed by atoms with Crippen LogP contribution < -0.4 is 4.74 Å². The molecule has 108 valence electrons. The zero-order valence-corrected chi connectivity index (χ0v) is 11.7. The molecule has 1 aliphatic heterocycles. The number of benzene rings is 1. The van der Waals surface area contributed by atoms with Gasteiger partial charge in [-0.05, 0) is 30.9 Å². The molecule has 1 amide bonds. The fourth-order valence-corrected chi connectivity index (χ4v) is 2.52. The summed E-state index contributed by atoms with van der Waals surface area (Å²) in [6.45, 7) is 3.53. The van der Waals surface area contributed by atoms with Crippen LogP contribution in [-0.2, 0) is 0 Å². The van der Waals surface area contributed by atoms with Crippen LogP contribution in [0.15, 0.2) is 18.2 Å². The Morgan fingerprint density at radius 3 is 2.85 bits per heavy atom. The minimum Gasteiger partial charge on any atom is -0.490 e. The van der Waals surface area contributed by atoms with Crippen LogP contribution in [0.4, 0.5) is 5.69 Å². The number of methoxy groups -OCH3 is 1. The van der Waals surface area contributed by atoms with Crippen LogP contribution in [-0.4, -0.2) is 35.9 Å². The highest BCUT2D eigenvalue weighted by Gasteiger charge is 2.24. The molecule has 1 heterocycles. The molecule has 0 spiro atoms. The van der Waals surface area contributed by atoms with Gasteiger partial charge in [0.1, 0.15) is 0 Å². The van der Waals surface area contributed by atoms with Crippen molar-refractivity contribution >= 4 is 11.6 Å². The monoisotopic (exact) mass is 278 g/mol. The van der Waals surface area contributed by atoms with E-state index in [9.17, 15) is 14.9 Å². The fraction of sp³-hybridized carbons (Fsp3) is 0.500. The number of nitro groups is 1. The van der Waals surface area contributed by atoms with E-state index in [0.717, 1.165) is 12.8 Å². The molecule has 2 rings (SSSR count). The van der Waals surface area contributed by atoms with Gasteiger partial charge in [-0.25, -0.2) is 0 Å². The number of piperidine rings is 1. The zero-order chi connectivity index (χ0) is 14.7. The molecule has 0 aliphatic carbocycles. The Kier molecular flexibility index (Phi) is 4.22. The van der Waals surface area contributed by atoms with E-state index in [1.54, 1.807) is 11.0 Å². The Labute approximate surface area is 117 Å². The van der Waals surface area contributed by atoms with Gasteiger partial charge in [-0.1, -0.05) is 6.92 Å². The number of amides is 1. The van der Waals surface area contributed by atoms with Gasteiger partial charge in [0.2, 0.25) is 0 Å². The molecular weight excluding hydrogens is 260 g/mol. The van der Waals surface area contributed by atoms with Crippen LogP contribution in [0.3, 0.4) is 0 Å². The molecule has 1 atom stereocenters. The maximum Gasteiger partial charge on any atom is 0.311 e. The summed E-state index contributed by atoms with van der Waals surface area (Å²) in [7, 11) is 1.37. The minimum atomic E-state index is -0.533. The summed E-state index contributed by atoms with van der Waals surface area (Å²) in [5.41, 5.74) is 0.162. The first-order chi connectivity index (χ1) is 9.52. The van der Waals surface area contributed by atoms with Gasteiger partial charge >= 0.3 is 5.69 Å². The molecule has 0 bridgehead atoms. The molecule has 0 N–H and O–H groups in total. The lowest BCUT2D eigenvalue weighted by Crippen LogP contribution is -2.39. The summed E-state index contributed by atoms with van der Waals surface area (Å²) in [5, 5.41) is 11.0. The van der Waals surface area contributed by atoms with Gasteiger partial charge in [0.05, 0.1) is 12.0 Å². The summed E-state index contributed by atoms with van der Waals surface area (Å²) in [6.07, 6.45) is 2.09. The topological polar surface area (TPSA) is 72.7 Å². The number of carbonyl (C=O) groups excluding carboxylic acids is 1. The van der Waals surface area contributed by atoms with E-state index in [2.05, 4.69) is 6.92 Å². The van der Waals surface area contributed by atoms with Gasteiger partial charge in [0, 0.05) is 24.7 Å². The normalized spacial score (nSPS) is 18.7. The third kappa shape index (κ3) is 2.89. The van der Waals surface area contributed by atoms with Crippen molar-refractivity contribution in [1.82, 2.24) is 4.90 Å². The molecule has 1 saturated heterocycles. The number of likely N-dealkylation sites (tertiary alicyclic amines) is 1. The highest BCUT2D eigenvalue weighted by atomic mass is 16.6. The first-order valence-electron chi connectivity index (χ1n) is 6.64. The van der Waals surface area contributed by atoms with E-state index in [4.69, 9.17) is 4.74 Å². The van der Waals surface area contributed by atoms with E-state index in [1.807, 2.05) is 0 Å². The number of nitrogens with zero attached hydrogens (tertiary/aromatic N) is 2. The molecule has 0 aromatic heterocycles. The largest absolute Gasteiger partial charge is 0.490 e. The zero-order valence-electron chi connectivity index (χ0n) is 11.7. The van der Waals surface area contributed by atoms with Crippen molar-refractivity contribution in [2.45, 2.75) is 19.8 Å². The smallest absolute Gasteiger partial charge is 0.311 e. The van der Waals surface area contributed by atoms with Crippen LogP contribution in [0.25, 0.3) is 0 Å². The van der Waals surface area contributed by atoms with E-state index in [0.29, 0.717) is 24.6 Å². The molecule has 1 aliphatic rings. The maximum absolute atomic E-state index is 12.4. The lowest BCUT2D eigenvalue weighted by atomic mass is 9.99. The lowest BCUT2D eigenvalue weighted by Gasteiger charge is -2.31. The van der Waals surface area contributed by atoms with Gasteiger partial charge in [-0.15, -0.1) is 0 Å². The Balaban J connectivity index is 2.26. The maximum atomic E-state index is 12.4. The standard InChI is InChI=1S/C14H18N2O4/c1-10-4-3-7-15(9-10)14(17)11-5-6-13(20-2)12(8-11)16(18)19/h5-6,8,10H,3-4,7,9H2,1-2H3/t10-/m0/s1. The number of hydrogen-bond acceptors (Lipinski definition) is 4. The minimum absolute atomic E-state index is 0.151. The Bertz CT molecular complexity index is 530. The molecular formula is C14H18N2O4. The Morgan fingerprint density at radius 2 is 2.25 bits per heavy atom. The predicted molar refractivity (Wildman–Crippen MR) is 73.9 cm³/mol. The number of rotatable bonds is 3. The quantitative estimate of drug-likeness (QED) is 0.629. The van der Waals surface area contributed by atoms with Crippen molar-refractivity contribution in [2.75, 3.05) is 20.2 Å². The van der Waals surface area contributed by atoms with Gasteiger partial charge in [-0.3, -0.25) is 14.9 Å². The molecule has 0 unspecified atom stereocenters. The Morgan fingerprint density at radius 1 is 1.50 bits per heavy atom. The first-order valence-corrected chi connectivity index (χ1v) is 6.64. The molecule has 0 saturated carbocycles. The van der Waals surface area contributed by atoms with Crippen LogP contribution >= 0.6 is 0 Å². The summed E-state index contributed by atoms with van der Waals surface area (Å²) in [6, 6.07) is 4.34. The molecule has 1 aromatic carbocycles.